The van der Waals surface area contributed by atoms with E-state index in [1.807, 2.05) is 12.1 Å². The maximum Gasteiger partial charge on any atom is 0.134 e. The van der Waals surface area contributed by atoms with Crippen LogP contribution < -0.4 is 5.32 Å². The Morgan fingerprint density at radius 2 is 2.06 bits per heavy atom. The smallest absolute Gasteiger partial charge is 0.134 e. The summed E-state index contributed by atoms with van der Waals surface area (Å²) in [5, 5.41) is 3.34. The Bertz CT molecular complexity index is 519. The molecule has 0 fully saturated rings. The highest BCUT2D eigenvalue weighted by Crippen LogP contribution is 2.25. The first-order chi connectivity index (χ1) is 8.70. The average Bonchev–Trinajstić information content (AvgIpc) is 2.82. The Kier molecular flexibility index (Phi) is 4.83. The van der Waals surface area contributed by atoms with Gasteiger partial charge in [0, 0.05) is 9.13 Å². The molecule has 0 radical (unpaired) electrons. The maximum absolute atomic E-state index is 5.85. The third kappa shape index (κ3) is 3.36. The Morgan fingerprint density at radius 3 is 2.78 bits per heavy atom. The van der Waals surface area contributed by atoms with Crippen LogP contribution in [0.1, 0.15) is 24.7 Å². The quantitative estimate of drug-likeness (QED) is 0.637. The van der Waals surface area contributed by atoms with Gasteiger partial charge in [0.05, 0.1) is 6.54 Å². The molecule has 0 aliphatic heterocycles. The molecule has 0 unspecified atom stereocenters. The second-order valence-corrected chi connectivity index (χ2v) is 5.57. The van der Waals surface area contributed by atoms with Crippen molar-refractivity contribution in [1.82, 2.24) is 5.32 Å². The van der Waals surface area contributed by atoms with Crippen LogP contribution in [0.5, 0.6) is 0 Å². The Labute approximate surface area is 122 Å². The van der Waals surface area contributed by atoms with Crippen molar-refractivity contribution in [2.45, 2.75) is 26.8 Å². The summed E-state index contributed by atoms with van der Waals surface area (Å²) in [5.41, 5.74) is 2.45. The van der Waals surface area contributed by atoms with Crippen molar-refractivity contribution in [3.63, 3.8) is 0 Å². The van der Waals surface area contributed by atoms with Crippen LogP contribution in [-0.2, 0) is 6.54 Å². The molecule has 1 heterocycles. The first-order valence-corrected chi connectivity index (χ1v) is 7.34. The zero-order valence-corrected chi connectivity index (χ0v) is 13.0. The van der Waals surface area contributed by atoms with E-state index in [9.17, 15) is 0 Å². The second kappa shape index (κ2) is 6.38. The minimum atomic E-state index is 0.802. The lowest BCUT2D eigenvalue weighted by atomic mass is 10.1. The second-order valence-electron chi connectivity index (χ2n) is 4.41. The van der Waals surface area contributed by atoms with Crippen molar-refractivity contribution >= 4 is 22.6 Å². The van der Waals surface area contributed by atoms with E-state index in [1.165, 1.54) is 9.13 Å². The lowest BCUT2D eigenvalue weighted by Crippen LogP contribution is -2.12. The summed E-state index contributed by atoms with van der Waals surface area (Å²) in [4.78, 5) is 0. The van der Waals surface area contributed by atoms with Crippen LogP contribution in [0.3, 0.4) is 0 Å². The molecular weight excluding hydrogens is 337 g/mol. The van der Waals surface area contributed by atoms with Crippen LogP contribution >= 0.6 is 22.6 Å². The maximum atomic E-state index is 5.85. The van der Waals surface area contributed by atoms with Crippen LogP contribution in [0.15, 0.2) is 34.7 Å². The van der Waals surface area contributed by atoms with E-state index in [2.05, 4.69) is 60.0 Å². The predicted octanol–water partition coefficient (Wildman–Crippen LogP) is 4.36. The van der Waals surface area contributed by atoms with Crippen molar-refractivity contribution in [3.05, 3.63) is 45.2 Å². The summed E-state index contributed by atoms with van der Waals surface area (Å²) in [6, 6.07) is 10.5. The number of hydrogen-bond acceptors (Lipinski definition) is 2. The fourth-order valence-electron chi connectivity index (χ4n) is 1.76. The number of furan rings is 1. The summed E-state index contributed by atoms with van der Waals surface area (Å²) < 4.78 is 7.12. The van der Waals surface area contributed by atoms with Crippen LogP contribution in [0.25, 0.3) is 11.3 Å². The number of aryl methyl sites for hydroxylation is 1. The van der Waals surface area contributed by atoms with Crippen LogP contribution in [0, 0.1) is 10.5 Å². The molecular formula is C15H18INO. The molecule has 0 spiro atoms. The summed E-state index contributed by atoms with van der Waals surface area (Å²) in [6.07, 6.45) is 1.14. The molecule has 18 heavy (non-hydrogen) atoms. The van der Waals surface area contributed by atoms with Crippen LogP contribution in [0.4, 0.5) is 0 Å². The largest absolute Gasteiger partial charge is 0.460 e. The topological polar surface area (TPSA) is 25.2 Å². The van der Waals surface area contributed by atoms with Gasteiger partial charge in [0.25, 0.3) is 0 Å². The predicted molar refractivity (Wildman–Crippen MR) is 83.6 cm³/mol. The van der Waals surface area contributed by atoms with E-state index in [0.29, 0.717) is 0 Å². The lowest BCUT2D eigenvalue weighted by Gasteiger charge is -2.02. The molecule has 0 saturated carbocycles. The zero-order chi connectivity index (χ0) is 13.0. The molecule has 1 aromatic carbocycles. The highest BCUT2D eigenvalue weighted by Gasteiger charge is 2.06. The Balaban J connectivity index is 2.11. The van der Waals surface area contributed by atoms with E-state index in [4.69, 9.17) is 4.42 Å². The number of hydrogen-bond donors (Lipinski definition) is 1. The third-order valence-corrected chi connectivity index (χ3v) is 4.01. The molecule has 3 heteroatoms. The molecule has 0 bridgehead atoms. The van der Waals surface area contributed by atoms with E-state index in [0.717, 1.165) is 36.6 Å². The highest BCUT2D eigenvalue weighted by atomic mass is 127. The van der Waals surface area contributed by atoms with Gasteiger partial charge in [0.15, 0.2) is 0 Å². The minimum absolute atomic E-state index is 0.802. The third-order valence-electron chi connectivity index (χ3n) is 2.84. The van der Waals surface area contributed by atoms with E-state index in [-0.39, 0.29) is 0 Å². The van der Waals surface area contributed by atoms with Gasteiger partial charge >= 0.3 is 0 Å². The fraction of sp³-hybridized carbons (Fsp3) is 0.333. The number of nitrogens with one attached hydrogen (secondary N) is 1. The monoisotopic (exact) mass is 355 g/mol. The number of benzene rings is 1. The first kappa shape index (κ1) is 13.6. The van der Waals surface area contributed by atoms with Crippen molar-refractivity contribution in [1.29, 1.82) is 0 Å². The normalized spacial score (nSPS) is 10.8. The molecule has 0 amide bonds. The molecule has 2 nitrogen and oxygen atoms in total. The van der Waals surface area contributed by atoms with Gasteiger partial charge in [-0.1, -0.05) is 19.1 Å². The molecule has 1 N–H and O–H groups in total. The van der Waals surface area contributed by atoms with Crippen LogP contribution in [0.2, 0.25) is 0 Å². The van der Waals surface area contributed by atoms with Crippen molar-refractivity contribution in [2.24, 2.45) is 0 Å². The van der Waals surface area contributed by atoms with Crippen molar-refractivity contribution in [3.8, 4) is 11.3 Å². The van der Waals surface area contributed by atoms with Crippen molar-refractivity contribution in [2.75, 3.05) is 6.54 Å². The number of halogens is 1. The zero-order valence-electron chi connectivity index (χ0n) is 10.8. The number of rotatable bonds is 5. The van der Waals surface area contributed by atoms with Gasteiger partial charge in [-0.25, -0.2) is 0 Å². The molecule has 0 saturated heterocycles. The molecule has 2 rings (SSSR count). The van der Waals surface area contributed by atoms with Gasteiger partial charge in [0.1, 0.15) is 11.5 Å². The molecule has 0 atom stereocenters. The van der Waals surface area contributed by atoms with Gasteiger partial charge in [0.2, 0.25) is 0 Å². The standard InChI is InChI=1S/C15H18INO/c1-3-8-17-10-13-6-7-15(18-13)12-5-4-11(2)14(16)9-12/h4-7,9,17H,3,8,10H2,1-2H3. The lowest BCUT2D eigenvalue weighted by molar-refractivity contribution is 0.493. The molecule has 96 valence electrons. The van der Waals surface area contributed by atoms with Crippen LogP contribution in [-0.4, -0.2) is 6.54 Å². The molecule has 0 aliphatic carbocycles. The first-order valence-electron chi connectivity index (χ1n) is 6.26. The Morgan fingerprint density at radius 1 is 1.22 bits per heavy atom. The SMILES string of the molecule is CCCNCc1ccc(-c2ccc(C)c(I)c2)o1. The van der Waals surface area contributed by atoms with Gasteiger partial charge in [-0.05, 0) is 66.2 Å². The van der Waals surface area contributed by atoms with Gasteiger partial charge in [-0.15, -0.1) is 0 Å². The minimum Gasteiger partial charge on any atom is -0.460 e. The molecule has 1 aromatic heterocycles. The van der Waals surface area contributed by atoms with E-state index in [1.54, 1.807) is 0 Å². The van der Waals surface area contributed by atoms with E-state index >= 15 is 0 Å². The van der Waals surface area contributed by atoms with Gasteiger partial charge in [-0.3, -0.25) is 0 Å². The van der Waals surface area contributed by atoms with Crippen molar-refractivity contribution < 1.29 is 4.42 Å². The van der Waals surface area contributed by atoms with E-state index < -0.39 is 0 Å². The summed E-state index contributed by atoms with van der Waals surface area (Å²) in [6.45, 7) is 6.11. The van der Waals surface area contributed by atoms with Gasteiger partial charge < -0.3 is 9.73 Å². The molecule has 0 aliphatic rings. The molecule has 2 aromatic rings. The Hall–Kier alpha value is -0.810. The average molecular weight is 355 g/mol. The summed E-state index contributed by atoms with van der Waals surface area (Å²) in [5.74, 6) is 1.94. The summed E-state index contributed by atoms with van der Waals surface area (Å²) in [7, 11) is 0. The fourth-order valence-corrected chi connectivity index (χ4v) is 2.28. The van der Waals surface area contributed by atoms with Gasteiger partial charge in [-0.2, -0.15) is 0 Å². The highest BCUT2D eigenvalue weighted by molar-refractivity contribution is 14.1. The summed E-state index contributed by atoms with van der Waals surface area (Å²) >= 11 is 2.36.